The van der Waals surface area contributed by atoms with Crippen LogP contribution in [0.25, 0.3) is 0 Å². The van der Waals surface area contributed by atoms with Crippen LogP contribution < -0.4 is 10.6 Å². The lowest BCUT2D eigenvalue weighted by atomic mass is 9.91. The fraction of sp³-hybridized carbons (Fsp3) is 0.444. The van der Waals surface area contributed by atoms with E-state index in [0.29, 0.717) is 15.9 Å². The van der Waals surface area contributed by atoms with Crippen LogP contribution in [-0.2, 0) is 9.59 Å². The number of anilines is 1. The van der Waals surface area contributed by atoms with E-state index < -0.39 is 5.25 Å². The van der Waals surface area contributed by atoms with E-state index in [9.17, 15) is 9.59 Å². The second-order valence-electron chi connectivity index (χ2n) is 7.15. The molecule has 2 N–H and O–H groups in total. The number of benzene rings is 1. The number of hydrogen-bond donors (Lipinski definition) is 2. The zero-order chi connectivity index (χ0) is 19.5. The first kappa shape index (κ1) is 20.5. The highest BCUT2D eigenvalue weighted by atomic mass is 35.5. The van der Waals surface area contributed by atoms with Gasteiger partial charge < -0.3 is 10.6 Å². The Morgan fingerprint density at radius 2 is 2.08 bits per heavy atom. The molecule has 1 heterocycles. The number of aryl methyl sites for hydroxylation is 1. The van der Waals surface area contributed by atoms with Crippen molar-refractivity contribution < 1.29 is 9.59 Å². The molecule has 140 valence electrons. The van der Waals surface area contributed by atoms with Crippen LogP contribution in [0.3, 0.4) is 0 Å². The van der Waals surface area contributed by atoms with Crippen molar-refractivity contribution >= 4 is 51.7 Å². The molecule has 0 spiro atoms. The molecule has 1 saturated heterocycles. The summed E-state index contributed by atoms with van der Waals surface area (Å²) in [6.45, 7) is 9.87. The number of rotatable bonds is 4. The van der Waals surface area contributed by atoms with Crippen LogP contribution in [0, 0.1) is 12.3 Å². The quantitative estimate of drug-likeness (QED) is 0.598. The van der Waals surface area contributed by atoms with E-state index in [1.54, 1.807) is 18.2 Å². The molecule has 1 unspecified atom stereocenters. The summed E-state index contributed by atoms with van der Waals surface area (Å²) >= 11 is 7.13. The zero-order valence-corrected chi connectivity index (χ0v) is 17.1. The van der Waals surface area contributed by atoms with Crippen LogP contribution in [0.15, 0.2) is 28.4 Å². The molecule has 8 heteroatoms. The maximum absolute atomic E-state index is 12.3. The highest BCUT2D eigenvalue weighted by Gasteiger charge is 2.32. The molecule has 0 bridgehead atoms. The maximum atomic E-state index is 12.3. The van der Waals surface area contributed by atoms with Crippen molar-refractivity contribution in [2.45, 2.75) is 46.3 Å². The van der Waals surface area contributed by atoms with Crippen LogP contribution in [0.4, 0.5) is 5.69 Å². The fourth-order valence-corrected chi connectivity index (χ4v) is 3.14. The average molecular weight is 395 g/mol. The number of amidine groups is 1. The molecule has 1 aliphatic heterocycles. The van der Waals surface area contributed by atoms with Crippen LogP contribution in [0.2, 0.25) is 5.02 Å². The Morgan fingerprint density at radius 1 is 1.38 bits per heavy atom. The standard InChI is InChI=1S/C18H23ClN4O2S/c1-10-8-12(19)6-7-13(10)20-15(24)9-14-16(25)21-17(26-14)23-22-11(2)18(3,4)5/h6-8,14H,9H2,1-5H3,(H,20,24)(H,21,23,25). The molecule has 0 aliphatic carbocycles. The van der Waals surface area contributed by atoms with Crippen molar-refractivity contribution in [2.24, 2.45) is 15.6 Å². The molecule has 0 saturated carbocycles. The minimum atomic E-state index is -0.522. The molecule has 0 radical (unpaired) electrons. The van der Waals surface area contributed by atoms with Gasteiger partial charge in [-0.05, 0) is 37.6 Å². The van der Waals surface area contributed by atoms with Gasteiger partial charge in [0, 0.05) is 28.3 Å². The Hall–Kier alpha value is -1.86. The average Bonchev–Trinajstić information content (AvgIpc) is 2.86. The van der Waals surface area contributed by atoms with E-state index in [2.05, 4.69) is 20.8 Å². The van der Waals surface area contributed by atoms with Gasteiger partial charge in [-0.2, -0.15) is 5.10 Å². The summed E-state index contributed by atoms with van der Waals surface area (Å²) < 4.78 is 0. The van der Waals surface area contributed by atoms with Gasteiger partial charge in [-0.1, -0.05) is 44.1 Å². The zero-order valence-electron chi connectivity index (χ0n) is 15.5. The van der Waals surface area contributed by atoms with Crippen molar-refractivity contribution in [3.05, 3.63) is 28.8 Å². The number of nitrogens with zero attached hydrogens (tertiary/aromatic N) is 2. The third kappa shape index (κ3) is 5.57. The van der Waals surface area contributed by atoms with E-state index in [1.165, 1.54) is 11.8 Å². The molecule has 1 aromatic carbocycles. The van der Waals surface area contributed by atoms with E-state index in [1.807, 2.05) is 34.6 Å². The molecule has 6 nitrogen and oxygen atoms in total. The Kier molecular flexibility index (Phi) is 6.47. The van der Waals surface area contributed by atoms with E-state index in [-0.39, 0.29) is 23.7 Å². The summed E-state index contributed by atoms with van der Waals surface area (Å²) in [7, 11) is 0. The van der Waals surface area contributed by atoms with Crippen molar-refractivity contribution in [3.8, 4) is 0 Å². The minimum absolute atomic E-state index is 0.0551. The highest BCUT2D eigenvalue weighted by molar-refractivity contribution is 8.15. The summed E-state index contributed by atoms with van der Waals surface area (Å²) in [4.78, 5) is 24.3. The largest absolute Gasteiger partial charge is 0.326 e. The first-order valence-electron chi connectivity index (χ1n) is 8.22. The van der Waals surface area contributed by atoms with E-state index >= 15 is 0 Å². The van der Waals surface area contributed by atoms with Gasteiger partial charge in [0.15, 0.2) is 5.17 Å². The summed E-state index contributed by atoms with van der Waals surface area (Å²) in [6.07, 6.45) is 0.0551. The van der Waals surface area contributed by atoms with Gasteiger partial charge in [0.05, 0.1) is 0 Å². The molecule has 1 atom stereocenters. The Balaban J connectivity index is 1.98. The Morgan fingerprint density at radius 3 is 2.69 bits per heavy atom. The third-order valence-corrected chi connectivity index (χ3v) is 5.29. The Bertz CT molecular complexity index is 784. The number of amides is 2. The molecule has 0 aromatic heterocycles. The number of thioether (sulfide) groups is 1. The highest BCUT2D eigenvalue weighted by Crippen LogP contribution is 2.25. The van der Waals surface area contributed by atoms with E-state index in [4.69, 9.17) is 11.6 Å². The van der Waals surface area contributed by atoms with Gasteiger partial charge in [-0.25, -0.2) is 0 Å². The number of carbonyl (C=O) groups excluding carboxylic acids is 2. The predicted molar refractivity (Wildman–Crippen MR) is 109 cm³/mol. The second kappa shape index (κ2) is 8.22. The molecule has 26 heavy (non-hydrogen) atoms. The van der Waals surface area contributed by atoms with Crippen LogP contribution in [0.1, 0.15) is 39.7 Å². The Labute approximate surface area is 162 Å². The van der Waals surface area contributed by atoms with Crippen molar-refractivity contribution in [1.82, 2.24) is 5.32 Å². The summed E-state index contributed by atoms with van der Waals surface area (Å²) in [6, 6.07) is 5.23. The monoisotopic (exact) mass is 394 g/mol. The molecular weight excluding hydrogens is 372 g/mol. The van der Waals surface area contributed by atoms with Gasteiger partial charge in [-0.3, -0.25) is 9.59 Å². The summed E-state index contributed by atoms with van der Waals surface area (Å²) in [5.41, 5.74) is 2.32. The SMILES string of the molecule is CC(=NN=C1NC(=O)C(CC(=O)Nc2ccc(Cl)cc2C)S1)C(C)(C)C. The molecular formula is C18H23ClN4O2S. The summed E-state index contributed by atoms with van der Waals surface area (Å²) in [5, 5.41) is 14.2. The van der Waals surface area contributed by atoms with Gasteiger partial charge in [-0.15, -0.1) is 5.10 Å². The normalized spacial score (nSPS) is 19.6. The maximum Gasteiger partial charge on any atom is 0.240 e. The number of halogens is 1. The molecule has 2 amide bonds. The van der Waals surface area contributed by atoms with Gasteiger partial charge in [0.25, 0.3) is 0 Å². The fourth-order valence-electron chi connectivity index (χ4n) is 1.99. The number of hydrogen-bond acceptors (Lipinski definition) is 5. The van der Waals surface area contributed by atoms with Crippen LogP contribution in [0.5, 0.6) is 0 Å². The van der Waals surface area contributed by atoms with Crippen LogP contribution >= 0.6 is 23.4 Å². The van der Waals surface area contributed by atoms with Gasteiger partial charge in [0.2, 0.25) is 11.8 Å². The summed E-state index contributed by atoms with van der Waals surface area (Å²) in [5.74, 6) is -0.473. The molecule has 2 rings (SSSR count). The van der Waals surface area contributed by atoms with Gasteiger partial charge >= 0.3 is 0 Å². The van der Waals surface area contributed by atoms with E-state index in [0.717, 1.165) is 11.3 Å². The smallest absolute Gasteiger partial charge is 0.240 e. The molecule has 1 aromatic rings. The number of nitrogens with one attached hydrogen (secondary N) is 2. The first-order valence-corrected chi connectivity index (χ1v) is 9.48. The predicted octanol–water partition coefficient (Wildman–Crippen LogP) is 3.99. The molecule has 1 fully saturated rings. The topological polar surface area (TPSA) is 82.9 Å². The minimum Gasteiger partial charge on any atom is -0.326 e. The van der Waals surface area contributed by atoms with Crippen LogP contribution in [-0.4, -0.2) is 27.9 Å². The lowest BCUT2D eigenvalue weighted by Gasteiger charge is -2.16. The van der Waals surface area contributed by atoms with Crippen molar-refractivity contribution in [3.63, 3.8) is 0 Å². The third-order valence-electron chi connectivity index (χ3n) is 3.99. The van der Waals surface area contributed by atoms with Crippen molar-refractivity contribution in [1.29, 1.82) is 0 Å². The number of carbonyl (C=O) groups is 2. The van der Waals surface area contributed by atoms with Crippen molar-refractivity contribution in [2.75, 3.05) is 5.32 Å². The first-order chi connectivity index (χ1) is 12.1. The lowest BCUT2D eigenvalue weighted by Crippen LogP contribution is -2.28. The molecule has 1 aliphatic rings. The lowest BCUT2D eigenvalue weighted by molar-refractivity contribution is -0.122. The second-order valence-corrected chi connectivity index (χ2v) is 8.78. The van der Waals surface area contributed by atoms with Gasteiger partial charge in [0.1, 0.15) is 5.25 Å².